The molecule has 4 heterocycles. The predicted molar refractivity (Wildman–Crippen MR) is 119 cm³/mol. The van der Waals surface area contributed by atoms with Gasteiger partial charge in [-0.15, -0.1) is 0 Å². The van der Waals surface area contributed by atoms with E-state index in [9.17, 15) is 8.76 Å². The molecule has 2 N–H and O–H groups in total. The second kappa shape index (κ2) is 10.2. The number of hydrogen-bond acceptors (Lipinski definition) is 6. The Morgan fingerprint density at radius 3 is 2.68 bits per heavy atom. The van der Waals surface area contributed by atoms with Crippen LogP contribution in [-0.4, -0.2) is 60.9 Å². The molecule has 0 radical (unpaired) electrons. The van der Waals surface area contributed by atoms with Crippen molar-refractivity contribution in [2.24, 2.45) is 5.92 Å². The fourth-order valence-corrected chi connectivity index (χ4v) is 4.83. The van der Waals surface area contributed by atoms with Crippen molar-refractivity contribution >= 4 is 17.2 Å². The number of ether oxygens (including phenoxy) is 1. The van der Waals surface area contributed by atoms with Crippen molar-refractivity contribution in [1.29, 1.82) is 0 Å². The Morgan fingerprint density at radius 2 is 2.00 bits per heavy atom. The van der Waals surface area contributed by atoms with Crippen molar-refractivity contribution < 1.29 is 13.5 Å². The van der Waals surface area contributed by atoms with Crippen LogP contribution in [0.15, 0.2) is 24.5 Å². The summed E-state index contributed by atoms with van der Waals surface area (Å²) in [6, 6.07) is 4.09. The third kappa shape index (κ3) is 5.49. The highest BCUT2D eigenvalue weighted by Gasteiger charge is 2.33. The van der Waals surface area contributed by atoms with Crippen molar-refractivity contribution in [2.45, 2.75) is 57.6 Å². The number of nitrogens with zero attached hydrogens (tertiary/aromatic N) is 5. The second-order valence-corrected chi connectivity index (χ2v) is 9.48. The zero-order valence-electron chi connectivity index (χ0n) is 18.2. The van der Waals surface area contributed by atoms with E-state index in [1.807, 2.05) is 6.07 Å². The molecule has 0 bridgehead atoms. The van der Waals surface area contributed by atoms with Gasteiger partial charge in [0.1, 0.15) is 0 Å². The van der Waals surface area contributed by atoms with Gasteiger partial charge in [-0.25, -0.2) is 18.9 Å². The lowest BCUT2D eigenvalue weighted by Crippen LogP contribution is -2.41. The first kappa shape index (κ1) is 22.3. The molecule has 4 rings (SSSR count). The monoisotopic (exact) mass is 448 g/mol. The smallest absolute Gasteiger partial charge is 0.231 e. The van der Waals surface area contributed by atoms with E-state index in [1.54, 1.807) is 12.4 Å². The maximum Gasteiger partial charge on any atom is 0.231 e. The highest BCUT2D eigenvalue weighted by atomic mass is 32.2. The van der Waals surface area contributed by atoms with E-state index in [2.05, 4.69) is 44.2 Å². The Morgan fingerprint density at radius 1 is 1.26 bits per heavy atom. The van der Waals surface area contributed by atoms with Gasteiger partial charge < -0.3 is 9.64 Å². The minimum Gasteiger partial charge on any atom is -0.376 e. The molecule has 9 nitrogen and oxygen atoms in total. The van der Waals surface area contributed by atoms with E-state index < -0.39 is 11.3 Å². The number of piperidine rings is 1. The summed E-state index contributed by atoms with van der Waals surface area (Å²) >= 11 is -2.01. The Bertz CT molecular complexity index is 869. The number of fused-ring (bicyclic) bond motifs is 1. The van der Waals surface area contributed by atoms with Gasteiger partial charge in [-0.2, -0.15) is 5.10 Å². The zero-order chi connectivity index (χ0) is 21.8. The summed E-state index contributed by atoms with van der Waals surface area (Å²) in [6.45, 7) is 7.08. The van der Waals surface area contributed by atoms with Crippen LogP contribution in [-0.2, 0) is 22.4 Å². The van der Waals surface area contributed by atoms with Crippen molar-refractivity contribution in [3.8, 4) is 0 Å². The lowest BCUT2D eigenvalue weighted by Gasteiger charge is -2.36. The topological polar surface area (TPSA) is 105 Å². The summed E-state index contributed by atoms with van der Waals surface area (Å²) in [5, 5.41) is 4.87. The molecule has 3 unspecified atom stereocenters. The van der Waals surface area contributed by atoms with Gasteiger partial charge in [0.25, 0.3) is 0 Å². The van der Waals surface area contributed by atoms with Crippen LogP contribution in [0.1, 0.15) is 56.5 Å². The fourth-order valence-electron chi connectivity index (χ4n) is 4.47. The van der Waals surface area contributed by atoms with Gasteiger partial charge in [-0.1, -0.05) is 13.8 Å². The van der Waals surface area contributed by atoms with Gasteiger partial charge in [-0.05, 0) is 49.7 Å². The minimum atomic E-state index is -2.01. The maximum atomic E-state index is 11.2. The molecule has 31 heavy (non-hydrogen) atoms. The Hall–Kier alpha value is -1.88. The van der Waals surface area contributed by atoms with Crippen molar-refractivity contribution in [3.63, 3.8) is 0 Å². The van der Waals surface area contributed by atoms with Gasteiger partial charge in [0, 0.05) is 37.7 Å². The summed E-state index contributed by atoms with van der Waals surface area (Å²) in [4.78, 5) is 10.9. The predicted octanol–water partition coefficient (Wildman–Crippen LogP) is 2.31. The van der Waals surface area contributed by atoms with E-state index in [1.165, 1.54) is 5.69 Å². The highest BCUT2D eigenvalue weighted by molar-refractivity contribution is 7.77. The Kier molecular flexibility index (Phi) is 7.31. The fraction of sp³-hybridized carbons (Fsp3) is 0.667. The molecule has 0 aromatic carbocycles. The second-order valence-electron chi connectivity index (χ2n) is 8.69. The van der Waals surface area contributed by atoms with Crippen LogP contribution in [0, 0.1) is 5.92 Å². The normalized spacial score (nSPS) is 23.2. The molecular formula is C21H32N6O3S. The van der Waals surface area contributed by atoms with Gasteiger partial charge in [0.05, 0.1) is 24.4 Å². The molecule has 2 aromatic heterocycles. The number of nitrogens with one attached hydrogen (secondary N) is 1. The van der Waals surface area contributed by atoms with E-state index in [4.69, 9.17) is 9.84 Å². The summed E-state index contributed by atoms with van der Waals surface area (Å²) in [5.41, 5.74) is 2.32. The highest BCUT2D eigenvalue weighted by Crippen LogP contribution is 2.32. The van der Waals surface area contributed by atoms with Crippen LogP contribution < -0.4 is 9.62 Å². The first-order valence-corrected chi connectivity index (χ1v) is 12.2. The molecule has 1 saturated heterocycles. The summed E-state index contributed by atoms with van der Waals surface area (Å²) < 4.78 is 31.5. The molecule has 0 amide bonds. The first-order valence-electron chi connectivity index (χ1n) is 11.1. The van der Waals surface area contributed by atoms with Crippen LogP contribution >= 0.6 is 0 Å². The van der Waals surface area contributed by atoms with E-state index in [0.717, 1.165) is 50.4 Å². The first-order chi connectivity index (χ1) is 15.0. The Labute approximate surface area is 186 Å². The number of anilines is 1. The molecule has 0 aliphatic carbocycles. The minimum absolute atomic E-state index is 0.0581. The quantitative estimate of drug-likeness (QED) is 0.597. The number of aromatic nitrogens is 4. The zero-order valence-corrected chi connectivity index (χ0v) is 19.0. The van der Waals surface area contributed by atoms with Gasteiger partial charge in [-0.3, -0.25) is 9.23 Å². The summed E-state index contributed by atoms with van der Waals surface area (Å²) in [6.07, 6.45) is 7.46. The molecule has 2 aromatic rings. The van der Waals surface area contributed by atoms with Crippen LogP contribution in [0.2, 0.25) is 0 Å². The molecule has 2 aliphatic heterocycles. The van der Waals surface area contributed by atoms with Crippen molar-refractivity contribution in [2.75, 3.05) is 31.1 Å². The van der Waals surface area contributed by atoms with Crippen molar-refractivity contribution in [1.82, 2.24) is 24.5 Å². The van der Waals surface area contributed by atoms with E-state index >= 15 is 0 Å². The Balaban J connectivity index is 1.39. The lowest BCUT2D eigenvalue weighted by molar-refractivity contribution is -0.000930. The average Bonchev–Trinajstić information content (AvgIpc) is 3.22. The molecule has 170 valence electrons. The van der Waals surface area contributed by atoms with Crippen LogP contribution in [0.3, 0.4) is 0 Å². The number of aryl methyl sites for hydroxylation is 1. The third-order valence-electron chi connectivity index (χ3n) is 6.30. The molecule has 0 spiro atoms. The number of rotatable bonds is 8. The lowest BCUT2D eigenvalue weighted by atomic mass is 9.90. The molecule has 10 heteroatoms. The van der Waals surface area contributed by atoms with Crippen LogP contribution in [0.5, 0.6) is 0 Å². The SMILES string of the molecule is CC(C)c1cc2n(n1)C(COC1CCN(c3ncccn3)CC1)C(CNS(=O)O)CC2. The largest absolute Gasteiger partial charge is 0.376 e. The van der Waals surface area contributed by atoms with Gasteiger partial charge >= 0.3 is 0 Å². The molecular weight excluding hydrogens is 416 g/mol. The van der Waals surface area contributed by atoms with Gasteiger partial charge in [0.2, 0.25) is 17.2 Å². The maximum absolute atomic E-state index is 11.2. The van der Waals surface area contributed by atoms with E-state index in [0.29, 0.717) is 19.1 Å². The van der Waals surface area contributed by atoms with E-state index in [-0.39, 0.29) is 18.1 Å². The third-order valence-corrected chi connectivity index (χ3v) is 6.72. The van der Waals surface area contributed by atoms with Crippen molar-refractivity contribution in [3.05, 3.63) is 35.9 Å². The van der Waals surface area contributed by atoms with Crippen LogP contribution in [0.25, 0.3) is 0 Å². The molecule has 0 saturated carbocycles. The summed E-state index contributed by atoms with van der Waals surface area (Å²) in [7, 11) is 0. The number of hydrogen-bond donors (Lipinski definition) is 2. The molecule has 1 fully saturated rings. The average molecular weight is 449 g/mol. The van der Waals surface area contributed by atoms with Gasteiger partial charge in [0.15, 0.2) is 0 Å². The standard InChI is InChI=1S/C21H32N6O3S/c1-15(2)19-12-17-5-4-16(13-24-31(28)29)20(27(17)25-19)14-30-18-6-10-26(11-7-18)21-22-8-3-9-23-21/h3,8-9,12,15-16,18,20,24H,4-7,10-11,13-14H2,1-2H3,(H,28,29). The summed E-state index contributed by atoms with van der Waals surface area (Å²) in [5.74, 6) is 1.34. The molecule has 3 atom stereocenters. The molecule has 2 aliphatic rings. The van der Waals surface area contributed by atoms with Crippen LogP contribution in [0.4, 0.5) is 5.95 Å².